The highest BCUT2D eigenvalue weighted by Crippen LogP contribution is 2.39. The van der Waals surface area contributed by atoms with E-state index in [0.29, 0.717) is 13.1 Å². The Morgan fingerprint density at radius 2 is 1.76 bits per heavy atom. The summed E-state index contributed by atoms with van der Waals surface area (Å²) in [6, 6.07) is 10.00. The van der Waals surface area contributed by atoms with Crippen LogP contribution in [0.25, 0.3) is 10.9 Å². The molecule has 29 heavy (non-hydrogen) atoms. The zero-order valence-electron chi connectivity index (χ0n) is 17.8. The van der Waals surface area contributed by atoms with E-state index in [9.17, 15) is 8.78 Å². The Kier molecular flexibility index (Phi) is 8.49. The van der Waals surface area contributed by atoms with Crippen LogP contribution in [0.4, 0.5) is 8.78 Å². The number of nitrogens with one attached hydrogen (secondary N) is 2. The number of para-hydroxylation sites is 1. The molecule has 3 nitrogen and oxygen atoms in total. The number of piperidine rings is 1. The predicted octanol–water partition coefficient (Wildman–Crippen LogP) is 6.12. The van der Waals surface area contributed by atoms with Crippen LogP contribution >= 0.6 is 0 Å². The van der Waals surface area contributed by atoms with Gasteiger partial charge >= 0.3 is 0 Å². The summed E-state index contributed by atoms with van der Waals surface area (Å²) < 4.78 is 31.6. The van der Waals surface area contributed by atoms with Gasteiger partial charge in [-0.3, -0.25) is 5.32 Å². The predicted molar refractivity (Wildman–Crippen MR) is 118 cm³/mol. The van der Waals surface area contributed by atoms with E-state index in [-0.39, 0.29) is 12.6 Å². The second-order valence-corrected chi connectivity index (χ2v) is 8.48. The molecule has 162 valence electrons. The van der Waals surface area contributed by atoms with Crippen molar-refractivity contribution in [3.8, 4) is 0 Å². The molecule has 3 rings (SSSR count). The Morgan fingerprint density at radius 1 is 1.03 bits per heavy atom. The van der Waals surface area contributed by atoms with Crippen molar-refractivity contribution in [2.24, 2.45) is 5.92 Å². The van der Waals surface area contributed by atoms with E-state index in [4.69, 9.17) is 0 Å². The third-order valence-corrected chi connectivity index (χ3v) is 6.24. The molecule has 2 unspecified atom stereocenters. The van der Waals surface area contributed by atoms with Crippen LogP contribution < -0.4 is 10.6 Å². The van der Waals surface area contributed by atoms with Crippen LogP contribution in [0.5, 0.6) is 0 Å². The maximum Gasteiger partial charge on any atom is 0.256 e. The molecule has 1 aliphatic rings. The van der Waals surface area contributed by atoms with Crippen LogP contribution in [0, 0.1) is 5.92 Å². The third kappa shape index (κ3) is 6.02. The van der Waals surface area contributed by atoms with Gasteiger partial charge < -0.3 is 9.88 Å². The molecule has 1 aromatic carbocycles. The van der Waals surface area contributed by atoms with Crippen LogP contribution in [0.1, 0.15) is 70.9 Å². The molecule has 0 amide bonds. The second kappa shape index (κ2) is 11.1. The molecule has 2 atom stereocenters. The van der Waals surface area contributed by atoms with Gasteiger partial charge in [0.15, 0.2) is 0 Å². The summed E-state index contributed by atoms with van der Waals surface area (Å²) in [5.74, 6) is -3.41. The molecule has 0 saturated carbocycles. The number of rotatable bonds is 12. The van der Waals surface area contributed by atoms with Gasteiger partial charge in [-0.05, 0) is 30.5 Å². The van der Waals surface area contributed by atoms with Crippen molar-refractivity contribution >= 4 is 10.9 Å². The highest BCUT2D eigenvalue weighted by molar-refractivity contribution is 5.80. The van der Waals surface area contributed by atoms with Gasteiger partial charge in [0.25, 0.3) is 5.92 Å². The first kappa shape index (κ1) is 22.2. The number of alkyl halides is 2. The first-order chi connectivity index (χ1) is 14.1. The van der Waals surface area contributed by atoms with Crippen molar-refractivity contribution in [3.63, 3.8) is 0 Å². The summed E-state index contributed by atoms with van der Waals surface area (Å²) in [6.07, 6.45) is 11.6. The maximum atomic E-state index is 14.8. The lowest BCUT2D eigenvalue weighted by atomic mass is 9.91. The molecular formula is C24H37F2N3. The monoisotopic (exact) mass is 405 g/mol. The number of fused-ring (bicyclic) bond motifs is 1. The quantitative estimate of drug-likeness (QED) is 0.417. The van der Waals surface area contributed by atoms with Gasteiger partial charge in [0, 0.05) is 31.2 Å². The molecule has 0 radical (unpaired) electrons. The first-order valence-corrected chi connectivity index (χ1v) is 11.5. The van der Waals surface area contributed by atoms with Crippen LogP contribution in [0.2, 0.25) is 0 Å². The minimum Gasteiger partial charge on any atom is -0.331 e. The zero-order valence-corrected chi connectivity index (χ0v) is 17.8. The molecule has 1 aliphatic heterocycles. The van der Waals surface area contributed by atoms with E-state index in [0.717, 1.165) is 23.9 Å². The molecular weight excluding hydrogens is 368 g/mol. The summed E-state index contributed by atoms with van der Waals surface area (Å²) in [7, 11) is 0. The number of hydrogen-bond acceptors (Lipinski definition) is 2. The summed E-state index contributed by atoms with van der Waals surface area (Å²) >= 11 is 0. The molecule has 2 heterocycles. The fourth-order valence-corrected chi connectivity index (χ4v) is 4.49. The van der Waals surface area contributed by atoms with E-state index in [1.807, 2.05) is 41.1 Å². The lowest BCUT2D eigenvalue weighted by molar-refractivity contribution is -0.106. The highest BCUT2D eigenvalue weighted by Gasteiger charge is 2.47. The third-order valence-electron chi connectivity index (χ3n) is 6.24. The standard InChI is InChI=1S/C24H37F2N3/c1-2-3-4-5-6-7-8-11-16-27-19-21-23(28-17-15-24(21,25)26)29-18-14-20-12-9-10-13-22(20)29/h9-10,12-14,18,21,23,27-28H,2-8,11,15-17,19H2,1H3. The normalized spacial score (nSPS) is 21.6. The number of nitrogens with zero attached hydrogens (tertiary/aromatic N) is 1. The molecule has 1 saturated heterocycles. The maximum absolute atomic E-state index is 14.8. The van der Waals surface area contributed by atoms with E-state index >= 15 is 0 Å². The lowest BCUT2D eigenvalue weighted by Crippen LogP contribution is -2.52. The van der Waals surface area contributed by atoms with E-state index < -0.39 is 11.8 Å². The number of benzene rings is 1. The lowest BCUT2D eigenvalue weighted by Gasteiger charge is -2.40. The molecule has 2 N–H and O–H groups in total. The molecule has 5 heteroatoms. The van der Waals surface area contributed by atoms with Gasteiger partial charge in [0.1, 0.15) is 0 Å². The second-order valence-electron chi connectivity index (χ2n) is 8.48. The fourth-order valence-electron chi connectivity index (χ4n) is 4.49. The number of halogens is 2. The van der Waals surface area contributed by atoms with Gasteiger partial charge in [0.2, 0.25) is 0 Å². The van der Waals surface area contributed by atoms with Crippen LogP contribution in [-0.2, 0) is 0 Å². The Morgan fingerprint density at radius 3 is 2.55 bits per heavy atom. The number of unbranched alkanes of at least 4 members (excludes halogenated alkanes) is 7. The van der Waals surface area contributed by atoms with Crippen LogP contribution in [0.3, 0.4) is 0 Å². The topological polar surface area (TPSA) is 29.0 Å². The van der Waals surface area contributed by atoms with E-state index in [1.54, 1.807) is 0 Å². The first-order valence-electron chi connectivity index (χ1n) is 11.5. The number of hydrogen-bond donors (Lipinski definition) is 2. The molecule has 2 aromatic rings. The summed E-state index contributed by atoms with van der Waals surface area (Å²) in [5, 5.41) is 7.77. The Hall–Kier alpha value is -1.46. The zero-order chi connectivity index (χ0) is 20.5. The molecule has 1 fully saturated rings. The average molecular weight is 406 g/mol. The average Bonchev–Trinajstić information content (AvgIpc) is 3.14. The SMILES string of the molecule is CCCCCCCCCCNCC1C(n2ccc3ccccc32)NCCC1(F)F. The Labute approximate surface area is 174 Å². The fraction of sp³-hybridized carbons (Fsp3) is 0.667. The van der Waals surface area contributed by atoms with Crippen molar-refractivity contribution < 1.29 is 8.78 Å². The Balaban J connectivity index is 1.49. The van der Waals surface area contributed by atoms with Gasteiger partial charge in [-0.15, -0.1) is 0 Å². The van der Waals surface area contributed by atoms with E-state index in [1.165, 1.54) is 44.9 Å². The highest BCUT2D eigenvalue weighted by atomic mass is 19.3. The number of aromatic nitrogens is 1. The van der Waals surface area contributed by atoms with Gasteiger partial charge in [-0.1, -0.05) is 70.1 Å². The van der Waals surface area contributed by atoms with Crippen molar-refractivity contribution in [2.75, 3.05) is 19.6 Å². The van der Waals surface area contributed by atoms with Crippen molar-refractivity contribution in [3.05, 3.63) is 36.5 Å². The van der Waals surface area contributed by atoms with E-state index in [2.05, 4.69) is 17.6 Å². The summed E-state index contributed by atoms with van der Waals surface area (Å²) in [5.41, 5.74) is 1.01. The molecule has 1 aromatic heterocycles. The van der Waals surface area contributed by atoms with Gasteiger partial charge in [0.05, 0.1) is 12.1 Å². The summed E-state index contributed by atoms with van der Waals surface area (Å²) in [4.78, 5) is 0. The van der Waals surface area contributed by atoms with Crippen LogP contribution in [0.15, 0.2) is 36.5 Å². The molecule has 0 aliphatic carbocycles. The minimum absolute atomic E-state index is 0.0905. The van der Waals surface area contributed by atoms with Crippen molar-refractivity contribution in [2.45, 2.75) is 76.8 Å². The van der Waals surface area contributed by atoms with Gasteiger partial charge in [-0.2, -0.15) is 0 Å². The van der Waals surface area contributed by atoms with Crippen LogP contribution in [-0.4, -0.2) is 30.1 Å². The molecule has 0 bridgehead atoms. The van der Waals surface area contributed by atoms with Gasteiger partial charge in [-0.25, -0.2) is 8.78 Å². The summed E-state index contributed by atoms with van der Waals surface area (Å²) in [6.45, 7) is 3.74. The molecule has 0 spiro atoms. The van der Waals surface area contributed by atoms with Crippen molar-refractivity contribution in [1.82, 2.24) is 15.2 Å². The van der Waals surface area contributed by atoms with Crippen molar-refractivity contribution in [1.29, 1.82) is 0 Å². The minimum atomic E-state index is -2.66. The Bertz CT molecular complexity index is 728. The largest absolute Gasteiger partial charge is 0.331 e. The smallest absolute Gasteiger partial charge is 0.256 e.